The predicted molar refractivity (Wildman–Crippen MR) is 82.1 cm³/mol. The lowest BCUT2D eigenvalue weighted by Gasteiger charge is -2.18. The molecule has 4 heteroatoms. The van der Waals surface area contributed by atoms with Crippen LogP contribution < -0.4 is 8.85 Å². The van der Waals surface area contributed by atoms with Crippen molar-refractivity contribution in [2.24, 2.45) is 0 Å². The maximum absolute atomic E-state index is 5.86. The van der Waals surface area contributed by atoms with Gasteiger partial charge in [-0.2, -0.15) is 0 Å². The maximum Gasteiger partial charge on any atom is 0.615 e. The second-order valence-electron chi connectivity index (χ2n) is 4.37. The third-order valence-corrected chi connectivity index (χ3v) is 4.14. The Hall–Kier alpha value is -1.78. The second-order valence-corrected chi connectivity index (χ2v) is 5.76. The van der Waals surface area contributed by atoms with Gasteiger partial charge in [-0.3, -0.25) is 0 Å². The molecular weight excluding hydrogens is 268 g/mol. The highest BCUT2D eigenvalue weighted by Gasteiger charge is 2.19. The summed E-state index contributed by atoms with van der Waals surface area (Å²) in [5, 5.41) is 0. The van der Waals surface area contributed by atoms with Crippen molar-refractivity contribution >= 4 is 9.53 Å². The lowest BCUT2D eigenvalue weighted by molar-refractivity contribution is 0.198. The molecule has 0 fully saturated rings. The average molecular weight is 288 g/mol. The Kier molecular flexibility index (Phi) is 6.14. The third-order valence-electron chi connectivity index (χ3n) is 2.70. The average Bonchev–Trinajstić information content (AvgIpc) is 2.49. The van der Waals surface area contributed by atoms with Crippen LogP contribution >= 0.6 is 0 Å². The van der Waals surface area contributed by atoms with Crippen LogP contribution in [0.15, 0.2) is 60.7 Å². The second kappa shape index (κ2) is 8.40. The summed E-state index contributed by atoms with van der Waals surface area (Å²) in [6.07, 6.45) is 2.11. The Morgan fingerprint density at radius 1 is 0.800 bits per heavy atom. The van der Waals surface area contributed by atoms with Crippen LogP contribution in [0.25, 0.3) is 0 Å². The molecule has 0 radical (unpaired) electrons. The van der Waals surface area contributed by atoms with Gasteiger partial charge in [0.05, 0.1) is 0 Å². The van der Waals surface area contributed by atoms with Crippen LogP contribution in [-0.2, 0) is 4.43 Å². The quantitative estimate of drug-likeness (QED) is 0.548. The van der Waals surface area contributed by atoms with Gasteiger partial charge in [0.2, 0.25) is 0 Å². The summed E-state index contributed by atoms with van der Waals surface area (Å²) in [5.74, 6) is 1.58. The first-order valence-corrected chi connectivity index (χ1v) is 8.35. The highest BCUT2D eigenvalue weighted by Crippen LogP contribution is 2.14. The van der Waals surface area contributed by atoms with Crippen molar-refractivity contribution in [2.45, 2.75) is 19.8 Å². The van der Waals surface area contributed by atoms with Gasteiger partial charge in [-0.1, -0.05) is 49.7 Å². The fourth-order valence-electron chi connectivity index (χ4n) is 1.64. The van der Waals surface area contributed by atoms with E-state index in [9.17, 15) is 0 Å². The van der Waals surface area contributed by atoms with Crippen molar-refractivity contribution in [1.82, 2.24) is 0 Å². The summed E-state index contributed by atoms with van der Waals surface area (Å²) in [7, 11) is -2.22. The fourth-order valence-corrected chi connectivity index (χ4v) is 2.94. The van der Waals surface area contributed by atoms with E-state index in [0.717, 1.165) is 24.3 Å². The molecule has 2 aromatic rings. The summed E-state index contributed by atoms with van der Waals surface area (Å²) in [5.41, 5.74) is 0. The van der Waals surface area contributed by atoms with Crippen molar-refractivity contribution in [1.29, 1.82) is 0 Å². The summed E-state index contributed by atoms with van der Waals surface area (Å²) in [6, 6.07) is 19.3. The van der Waals surface area contributed by atoms with Crippen LogP contribution in [0.1, 0.15) is 19.8 Å². The lowest BCUT2D eigenvalue weighted by atomic mass is 10.3. The van der Waals surface area contributed by atoms with Gasteiger partial charge in [0, 0.05) is 6.61 Å². The van der Waals surface area contributed by atoms with E-state index in [1.54, 1.807) is 0 Å². The molecule has 0 spiro atoms. The zero-order valence-electron chi connectivity index (χ0n) is 11.7. The normalized spacial score (nSPS) is 10.5. The van der Waals surface area contributed by atoms with E-state index in [1.165, 1.54) is 0 Å². The molecule has 0 aliphatic heterocycles. The van der Waals surface area contributed by atoms with E-state index >= 15 is 0 Å². The largest absolute Gasteiger partial charge is 0.615 e. The summed E-state index contributed by atoms with van der Waals surface area (Å²) < 4.78 is 17.5. The lowest BCUT2D eigenvalue weighted by Crippen LogP contribution is -2.34. The molecule has 0 bridgehead atoms. The van der Waals surface area contributed by atoms with E-state index in [0.29, 0.717) is 6.61 Å². The molecule has 2 rings (SSSR count). The molecule has 0 saturated carbocycles. The highest BCUT2D eigenvalue weighted by atomic mass is 28.3. The topological polar surface area (TPSA) is 27.7 Å². The number of unbranched alkanes of at least 4 members (excludes halogenated alkanes) is 1. The van der Waals surface area contributed by atoms with E-state index in [1.807, 2.05) is 60.7 Å². The third kappa shape index (κ3) is 5.07. The van der Waals surface area contributed by atoms with Gasteiger partial charge in [0.15, 0.2) is 0 Å². The Morgan fingerprint density at radius 3 is 1.75 bits per heavy atom. The van der Waals surface area contributed by atoms with Crippen molar-refractivity contribution in [3.8, 4) is 11.5 Å². The minimum absolute atomic E-state index is 0.674. The zero-order valence-corrected chi connectivity index (χ0v) is 12.9. The van der Waals surface area contributed by atoms with Crippen LogP contribution in [0.3, 0.4) is 0 Å². The van der Waals surface area contributed by atoms with Crippen molar-refractivity contribution in [2.75, 3.05) is 6.61 Å². The molecule has 0 saturated heterocycles. The van der Waals surface area contributed by atoms with Gasteiger partial charge < -0.3 is 13.3 Å². The van der Waals surface area contributed by atoms with Gasteiger partial charge in [0.1, 0.15) is 11.5 Å². The first kappa shape index (κ1) is 14.6. The molecule has 0 N–H and O–H groups in total. The Bertz CT molecular complexity index is 434. The minimum atomic E-state index is -2.22. The van der Waals surface area contributed by atoms with E-state index in [2.05, 4.69) is 6.92 Å². The number of para-hydroxylation sites is 2. The van der Waals surface area contributed by atoms with Crippen LogP contribution in [-0.4, -0.2) is 16.1 Å². The summed E-state index contributed by atoms with van der Waals surface area (Å²) >= 11 is 0. The first-order valence-electron chi connectivity index (χ1n) is 6.93. The molecule has 0 unspecified atom stereocenters. The minimum Gasteiger partial charge on any atom is -0.494 e. The molecule has 0 aromatic heterocycles. The zero-order chi connectivity index (χ0) is 14.0. The van der Waals surface area contributed by atoms with Crippen LogP contribution in [0.4, 0.5) is 0 Å². The van der Waals surface area contributed by atoms with Crippen LogP contribution in [0.5, 0.6) is 11.5 Å². The standard InChI is InChI=1S/C16H20O3Si/c1-2-3-14-17-20(18-15-10-6-4-7-11-15)19-16-12-8-5-9-13-16/h4-13,20H,2-3,14H2,1H3. The molecular formula is C16H20O3Si. The number of benzene rings is 2. The van der Waals surface area contributed by atoms with Crippen LogP contribution in [0.2, 0.25) is 0 Å². The smallest absolute Gasteiger partial charge is 0.494 e. The molecule has 0 amide bonds. The first-order chi connectivity index (χ1) is 9.88. The Balaban J connectivity index is 1.96. The molecule has 0 aliphatic carbocycles. The van der Waals surface area contributed by atoms with E-state index in [4.69, 9.17) is 13.3 Å². The molecule has 2 aromatic carbocycles. The monoisotopic (exact) mass is 288 g/mol. The number of hydrogen-bond acceptors (Lipinski definition) is 3. The van der Waals surface area contributed by atoms with Crippen molar-refractivity contribution in [3.63, 3.8) is 0 Å². The van der Waals surface area contributed by atoms with Crippen LogP contribution in [0, 0.1) is 0 Å². The van der Waals surface area contributed by atoms with Gasteiger partial charge in [-0.25, -0.2) is 0 Å². The maximum atomic E-state index is 5.86. The molecule has 0 heterocycles. The molecule has 0 atom stereocenters. The predicted octanol–water partition coefficient (Wildman–Crippen LogP) is 3.68. The molecule has 0 aliphatic rings. The summed E-state index contributed by atoms with van der Waals surface area (Å²) in [6.45, 7) is 2.81. The Morgan fingerprint density at radius 2 is 1.30 bits per heavy atom. The van der Waals surface area contributed by atoms with E-state index in [-0.39, 0.29) is 0 Å². The molecule has 3 nitrogen and oxygen atoms in total. The van der Waals surface area contributed by atoms with Gasteiger partial charge in [0.25, 0.3) is 0 Å². The SMILES string of the molecule is CCCCO[SiH](Oc1ccccc1)Oc1ccccc1. The fraction of sp³-hybridized carbons (Fsp3) is 0.250. The van der Waals surface area contributed by atoms with E-state index < -0.39 is 9.53 Å². The highest BCUT2D eigenvalue weighted by molar-refractivity contribution is 6.38. The Labute approximate surface area is 122 Å². The number of rotatable bonds is 8. The van der Waals surface area contributed by atoms with Gasteiger partial charge >= 0.3 is 9.53 Å². The van der Waals surface area contributed by atoms with Gasteiger partial charge in [-0.05, 0) is 30.7 Å². The van der Waals surface area contributed by atoms with Gasteiger partial charge in [-0.15, -0.1) is 0 Å². The summed E-state index contributed by atoms with van der Waals surface area (Å²) in [4.78, 5) is 0. The molecule has 106 valence electrons. The van der Waals surface area contributed by atoms with Crippen molar-refractivity contribution in [3.05, 3.63) is 60.7 Å². The van der Waals surface area contributed by atoms with Crippen molar-refractivity contribution < 1.29 is 13.3 Å². The number of hydrogen-bond donors (Lipinski definition) is 0. The molecule has 20 heavy (non-hydrogen) atoms.